The number of hydrogen-bond donors (Lipinski definition) is 0. The molecule has 1 atom stereocenters. The summed E-state index contributed by atoms with van der Waals surface area (Å²) in [6.45, 7) is 4.03. The Hall–Kier alpha value is -1.87. The van der Waals surface area contributed by atoms with Crippen molar-refractivity contribution in [2.24, 2.45) is 0 Å². The summed E-state index contributed by atoms with van der Waals surface area (Å²) in [7, 11) is 1.48. The van der Waals surface area contributed by atoms with E-state index in [0.717, 1.165) is 10.6 Å². The number of rotatable bonds is 3. The van der Waals surface area contributed by atoms with Gasteiger partial charge in [0.05, 0.1) is 10.8 Å². The first-order chi connectivity index (χ1) is 9.43. The molecule has 1 unspecified atom stereocenters. The summed E-state index contributed by atoms with van der Waals surface area (Å²) in [5.74, 6) is -0.169. The van der Waals surface area contributed by atoms with Crippen LogP contribution in [0.4, 0.5) is 0 Å². The Balaban J connectivity index is 2.29. The topological polar surface area (TPSA) is 74.1 Å². The summed E-state index contributed by atoms with van der Waals surface area (Å²) in [4.78, 5) is 29.0. The molecule has 1 aromatic rings. The van der Waals surface area contributed by atoms with Crippen molar-refractivity contribution in [3.8, 4) is 6.07 Å². The fourth-order valence-corrected chi connectivity index (χ4v) is 3.05. The van der Waals surface area contributed by atoms with Gasteiger partial charge in [0.1, 0.15) is 11.1 Å². The van der Waals surface area contributed by atoms with Gasteiger partial charge in [0, 0.05) is 19.2 Å². The lowest BCUT2D eigenvalue weighted by Crippen LogP contribution is -2.26. The Morgan fingerprint density at radius 2 is 2.15 bits per heavy atom. The summed E-state index contributed by atoms with van der Waals surface area (Å²) in [5, 5.41) is 9.18. The van der Waals surface area contributed by atoms with Gasteiger partial charge in [-0.2, -0.15) is 5.26 Å². The normalized spacial score (nSPS) is 18.8. The van der Waals surface area contributed by atoms with E-state index in [0.29, 0.717) is 10.6 Å². The maximum absolute atomic E-state index is 11.9. The molecule has 6 heteroatoms. The van der Waals surface area contributed by atoms with Crippen LogP contribution in [0.15, 0.2) is 17.2 Å². The predicted molar refractivity (Wildman–Crippen MR) is 75.1 cm³/mol. The number of nitriles is 1. The Labute approximate surface area is 122 Å². The number of carbonyl (C=O) groups excluding carboxylic acids is 2. The molecule has 1 aliphatic rings. The van der Waals surface area contributed by atoms with E-state index in [9.17, 15) is 9.59 Å². The Morgan fingerprint density at radius 1 is 1.45 bits per heavy atom. The van der Waals surface area contributed by atoms with Crippen LogP contribution < -0.4 is 0 Å². The maximum Gasteiger partial charge on any atom is 0.242 e. The lowest BCUT2D eigenvalue weighted by molar-refractivity contribution is -0.136. The highest BCUT2D eigenvalue weighted by Gasteiger charge is 2.37. The van der Waals surface area contributed by atoms with Crippen LogP contribution in [0.3, 0.4) is 0 Å². The van der Waals surface area contributed by atoms with Gasteiger partial charge in [-0.3, -0.25) is 14.5 Å². The summed E-state index contributed by atoms with van der Waals surface area (Å²) in [6, 6.07) is 5.62. The van der Waals surface area contributed by atoms with Crippen LogP contribution >= 0.6 is 11.8 Å². The second kappa shape index (κ2) is 5.63. The first-order valence-corrected chi connectivity index (χ1v) is 7.20. The molecular weight excluding hydrogens is 274 g/mol. The first kappa shape index (κ1) is 14.5. The molecule has 5 nitrogen and oxygen atoms in total. The summed E-state index contributed by atoms with van der Waals surface area (Å²) >= 11 is 1.20. The second-order valence-corrected chi connectivity index (χ2v) is 6.15. The van der Waals surface area contributed by atoms with E-state index in [1.54, 1.807) is 6.07 Å². The van der Waals surface area contributed by atoms with Crippen molar-refractivity contribution in [1.29, 1.82) is 5.26 Å². The number of amides is 2. The minimum atomic E-state index is -0.477. The minimum absolute atomic E-state index is 0.165. The van der Waals surface area contributed by atoms with Crippen molar-refractivity contribution < 1.29 is 9.59 Å². The van der Waals surface area contributed by atoms with Crippen molar-refractivity contribution in [1.82, 2.24) is 9.88 Å². The number of likely N-dealkylation sites (tertiary alicyclic amines) is 1. The summed E-state index contributed by atoms with van der Waals surface area (Å²) < 4.78 is 0. The molecule has 0 saturated carbocycles. The van der Waals surface area contributed by atoms with Gasteiger partial charge in [-0.25, -0.2) is 4.98 Å². The smallest absolute Gasteiger partial charge is 0.242 e. The molecule has 0 N–H and O–H groups in total. The Kier molecular flexibility index (Phi) is 4.09. The zero-order chi connectivity index (χ0) is 14.9. The standard InChI is InChI=1S/C14H15N3O2S/c1-8(2)10-5-4-9(7-15)13(16-10)20-11-6-12(18)17(3)14(11)19/h4-5,8,11H,6H2,1-3H3. The number of nitrogens with zero attached hydrogens (tertiary/aromatic N) is 3. The van der Waals surface area contributed by atoms with E-state index in [-0.39, 0.29) is 24.2 Å². The van der Waals surface area contributed by atoms with Crippen molar-refractivity contribution in [2.45, 2.75) is 36.5 Å². The van der Waals surface area contributed by atoms with Crippen molar-refractivity contribution in [3.63, 3.8) is 0 Å². The third-order valence-electron chi connectivity index (χ3n) is 3.19. The van der Waals surface area contributed by atoms with Crippen LogP contribution in [0.1, 0.15) is 37.4 Å². The average Bonchev–Trinajstić information content (AvgIpc) is 2.66. The average molecular weight is 289 g/mol. The monoisotopic (exact) mass is 289 g/mol. The molecule has 2 amide bonds. The second-order valence-electron chi connectivity index (χ2n) is 4.96. The number of imide groups is 1. The molecule has 104 valence electrons. The summed E-state index contributed by atoms with van der Waals surface area (Å²) in [5.41, 5.74) is 1.31. The molecule has 20 heavy (non-hydrogen) atoms. The zero-order valence-electron chi connectivity index (χ0n) is 11.6. The Bertz CT molecular complexity index is 607. The van der Waals surface area contributed by atoms with Gasteiger partial charge in [-0.1, -0.05) is 25.6 Å². The van der Waals surface area contributed by atoms with Gasteiger partial charge >= 0.3 is 0 Å². The van der Waals surface area contributed by atoms with Crippen LogP contribution in [0.25, 0.3) is 0 Å². The number of hydrogen-bond acceptors (Lipinski definition) is 5. The highest BCUT2D eigenvalue weighted by molar-refractivity contribution is 8.00. The van der Waals surface area contributed by atoms with Gasteiger partial charge in [0.15, 0.2) is 0 Å². The van der Waals surface area contributed by atoms with E-state index >= 15 is 0 Å². The van der Waals surface area contributed by atoms with E-state index in [4.69, 9.17) is 5.26 Å². The first-order valence-electron chi connectivity index (χ1n) is 6.32. The maximum atomic E-state index is 11.9. The van der Waals surface area contributed by atoms with Crippen LogP contribution in [0.2, 0.25) is 0 Å². The molecule has 1 saturated heterocycles. The van der Waals surface area contributed by atoms with Crippen LogP contribution in [0, 0.1) is 11.3 Å². The lowest BCUT2D eigenvalue weighted by Gasteiger charge is -2.11. The third kappa shape index (κ3) is 2.68. The zero-order valence-corrected chi connectivity index (χ0v) is 12.4. The molecule has 0 bridgehead atoms. The Morgan fingerprint density at radius 3 is 2.65 bits per heavy atom. The summed E-state index contributed by atoms with van der Waals surface area (Å²) in [6.07, 6.45) is 0.165. The van der Waals surface area contributed by atoms with Gasteiger partial charge in [0.2, 0.25) is 11.8 Å². The molecule has 0 spiro atoms. The van der Waals surface area contributed by atoms with Crippen molar-refractivity contribution >= 4 is 23.6 Å². The lowest BCUT2D eigenvalue weighted by atomic mass is 10.1. The highest BCUT2D eigenvalue weighted by atomic mass is 32.2. The number of thioether (sulfide) groups is 1. The number of pyridine rings is 1. The van der Waals surface area contributed by atoms with Crippen molar-refractivity contribution in [3.05, 3.63) is 23.4 Å². The van der Waals surface area contributed by atoms with E-state index in [1.807, 2.05) is 19.9 Å². The number of carbonyl (C=O) groups is 2. The third-order valence-corrected chi connectivity index (χ3v) is 4.38. The van der Waals surface area contributed by atoms with Gasteiger partial charge in [-0.15, -0.1) is 0 Å². The molecule has 0 aliphatic carbocycles. The van der Waals surface area contributed by atoms with E-state index < -0.39 is 5.25 Å². The van der Waals surface area contributed by atoms with Gasteiger partial charge in [0.25, 0.3) is 0 Å². The fraction of sp³-hybridized carbons (Fsp3) is 0.429. The molecule has 2 rings (SSSR count). The SMILES string of the molecule is CC(C)c1ccc(C#N)c(SC2CC(=O)N(C)C2=O)n1. The van der Waals surface area contributed by atoms with Crippen LogP contribution in [-0.4, -0.2) is 34.0 Å². The molecule has 1 aliphatic heterocycles. The van der Waals surface area contributed by atoms with E-state index in [2.05, 4.69) is 11.1 Å². The van der Waals surface area contributed by atoms with Crippen LogP contribution in [0.5, 0.6) is 0 Å². The van der Waals surface area contributed by atoms with Gasteiger partial charge in [-0.05, 0) is 18.1 Å². The quantitative estimate of drug-likeness (QED) is 0.795. The molecule has 0 radical (unpaired) electrons. The molecule has 1 fully saturated rings. The number of aromatic nitrogens is 1. The van der Waals surface area contributed by atoms with Crippen LogP contribution in [-0.2, 0) is 9.59 Å². The van der Waals surface area contributed by atoms with E-state index in [1.165, 1.54) is 18.8 Å². The highest BCUT2D eigenvalue weighted by Crippen LogP contribution is 2.32. The molecule has 1 aromatic heterocycles. The minimum Gasteiger partial charge on any atom is -0.285 e. The predicted octanol–water partition coefficient (Wildman–Crippen LogP) is 1.93. The molecular formula is C14H15N3O2S. The molecule has 0 aromatic carbocycles. The molecule has 2 heterocycles. The van der Waals surface area contributed by atoms with Gasteiger partial charge < -0.3 is 0 Å². The van der Waals surface area contributed by atoms with Crippen molar-refractivity contribution in [2.75, 3.05) is 7.05 Å². The largest absolute Gasteiger partial charge is 0.285 e. The fourth-order valence-electron chi connectivity index (χ4n) is 1.90.